The average Bonchev–Trinajstić information content (AvgIpc) is 2.60. The van der Waals surface area contributed by atoms with Crippen molar-refractivity contribution in [3.05, 3.63) is 53.1 Å². The smallest absolute Gasteiger partial charge is 0.410 e. The van der Waals surface area contributed by atoms with Gasteiger partial charge in [0, 0.05) is 13.1 Å². The molecule has 3 rings (SSSR count). The first kappa shape index (κ1) is 19.1. The van der Waals surface area contributed by atoms with Gasteiger partial charge in [0.15, 0.2) is 0 Å². The average molecular weight is 375 g/mol. The van der Waals surface area contributed by atoms with Crippen LogP contribution in [0.1, 0.15) is 31.9 Å². The Hall–Kier alpha value is -2.63. The van der Waals surface area contributed by atoms with Crippen LogP contribution in [0, 0.1) is 11.6 Å². The van der Waals surface area contributed by atoms with Crippen LogP contribution in [0.4, 0.5) is 13.6 Å². The fourth-order valence-corrected chi connectivity index (χ4v) is 3.28. The first-order valence-electron chi connectivity index (χ1n) is 8.82. The van der Waals surface area contributed by atoms with Crippen molar-refractivity contribution in [1.29, 1.82) is 0 Å². The highest BCUT2D eigenvalue weighted by Gasteiger charge is 2.29. The van der Waals surface area contributed by atoms with E-state index in [1.807, 2.05) is 0 Å². The molecule has 2 aromatic rings. The highest BCUT2D eigenvalue weighted by Crippen LogP contribution is 2.38. The number of ether oxygens (including phenoxy) is 2. The van der Waals surface area contributed by atoms with Crippen molar-refractivity contribution in [2.24, 2.45) is 0 Å². The molecule has 0 fully saturated rings. The number of benzene rings is 2. The number of carbonyl (C=O) groups is 1. The molecule has 0 radical (unpaired) electrons. The van der Waals surface area contributed by atoms with Crippen molar-refractivity contribution in [2.75, 3.05) is 13.7 Å². The van der Waals surface area contributed by atoms with Crippen LogP contribution in [0.5, 0.6) is 5.75 Å². The van der Waals surface area contributed by atoms with E-state index in [4.69, 9.17) is 9.47 Å². The molecule has 0 N–H and O–H groups in total. The second kappa shape index (κ2) is 7.18. The number of fused-ring (bicyclic) bond motifs is 1. The molecule has 2 aromatic carbocycles. The first-order chi connectivity index (χ1) is 12.7. The normalized spacial score (nSPS) is 13.9. The van der Waals surface area contributed by atoms with Crippen molar-refractivity contribution in [3.8, 4) is 16.9 Å². The Bertz CT molecular complexity index is 874. The lowest BCUT2D eigenvalue weighted by Gasteiger charge is -2.32. The van der Waals surface area contributed by atoms with Gasteiger partial charge in [-0.3, -0.25) is 0 Å². The molecule has 1 aliphatic heterocycles. The number of nitrogens with zero attached hydrogens (tertiary/aromatic N) is 1. The Morgan fingerprint density at radius 1 is 1.07 bits per heavy atom. The lowest BCUT2D eigenvalue weighted by Crippen LogP contribution is -2.40. The molecule has 0 bridgehead atoms. The summed E-state index contributed by atoms with van der Waals surface area (Å²) in [5.41, 5.74) is 1.24. The van der Waals surface area contributed by atoms with Gasteiger partial charge in [0.1, 0.15) is 23.0 Å². The van der Waals surface area contributed by atoms with E-state index in [2.05, 4.69) is 0 Å². The van der Waals surface area contributed by atoms with E-state index in [1.54, 1.807) is 32.9 Å². The van der Waals surface area contributed by atoms with Gasteiger partial charge in [0.25, 0.3) is 0 Å². The van der Waals surface area contributed by atoms with Crippen LogP contribution in [0.3, 0.4) is 0 Å². The molecule has 0 spiro atoms. The molecule has 4 nitrogen and oxygen atoms in total. The van der Waals surface area contributed by atoms with E-state index >= 15 is 0 Å². The topological polar surface area (TPSA) is 38.8 Å². The largest absolute Gasteiger partial charge is 0.496 e. The van der Waals surface area contributed by atoms with E-state index in [-0.39, 0.29) is 17.9 Å². The van der Waals surface area contributed by atoms with Crippen LogP contribution in [-0.4, -0.2) is 30.2 Å². The van der Waals surface area contributed by atoms with Gasteiger partial charge in [0.2, 0.25) is 0 Å². The third-order valence-electron chi connectivity index (χ3n) is 4.47. The second-order valence-electron chi connectivity index (χ2n) is 7.52. The van der Waals surface area contributed by atoms with Gasteiger partial charge in [-0.2, -0.15) is 0 Å². The zero-order valence-electron chi connectivity index (χ0n) is 15.9. The Morgan fingerprint density at radius 2 is 1.81 bits per heavy atom. The molecular formula is C21H23F2NO3. The minimum atomic E-state index is -0.628. The summed E-state index contributed by atoms with van der Waals surface area (Å²) in [6.07, 6.45) is -0.130. The van der Waals surface area contributed by atoms with Crippen LogP contribution in [0.15, 0.2) is 30.3 Å². The molecule has 0 aromatic heterocycles. The Kier molecular flexibility index (Phi) is 5.09. The zero-order valence-corrected chi connectivity index (χ0v) is 15.9. The van der Waals surface area contributed by atoms with Gasteiger partial charge in [-0.05, 0) is 62.1 Å². The molecule has 0 saturated carbocycles. The summed E-state index contributed by atoms with van der Waals surface area (Å²) in [5.74, 6) is -0.455. The summed E-state index contributed by atoms with van der Waals surface area (Å²) in [7, 11) is 1.46. The number of methoxy groups -OCH3 is 1. The van der Waals surface area contributed by atoms with Crippen LogP contribution in [0.2, 0.25) is 0 Å². The Labute approximate surface area is 157 Å². The van der Waals surface area contributed by atoms with E-state index < -0.39 is 17.5 Å². The maximum Gasteiger partial charge on any atom is 0.410 e. The van der Waals surface area contributed by atoms with Gasteiger partial charge in [-0.25, -0.2) is 13.6 Å². The molecule has 1 amide bonds. The first-order valence-corrected chi connectivity index (χ1v) is 8.82. The molecule has 1 heterocycles. The fraction of sp³-hybridized carbons (Fsp3) is 0.381. The monoisotopic (exact) mass is 375 g/mol. The van der Waals surface area contributed by atoms with Gasteiger partial charge < -0.3 is 14.4 Å². The number of hydrogen-bond acceptors (Lipinski definition) is 3. The molecule has 0 saturated heterocycles. The molecule has 0 atom stereocenters. The Balaban J connectivity index is 2.06. The maximum atomic E-state index is 14.6. The number of rotatable bonds is 2. The molecule has 144 valence electrons. The van der Waals surface area contributed by atoms with Crippen molar-refractivity contribution in [3.63, 3.8) is 0 Å². The number of halogens is 2. The quantitative estimate of drug-likeness (QED) is 0.747. The van der Waals surface area contributed by atoms with Crippen LogP contribution < -0.4 is 4.74 Å². The van der Waals surface area contributed by atoms with Gasteiger partial charge in [0.05, 0.1) is 12.7 Å². The lowest BCUT2D eigenvalue weighted by molar-refractivity contribution is 0.0223. The summed E-state index contributed by atoms with van der Waals surface area (Å²) in [4.78, 5) is 14.0. The highest BCUT2D eigenvalue weighted by atomic mass is 19.1. The third-order valence-corrected chi connectivity index (χ3v) is 4.47. The predicted molar refractivity (Wildman–Crippen MR) is 98.7 cm³/mol. The van der Waals surface area contributed by atoms with Crippen molar-refractivity contribution >= 4 is 6.09 Å². The van der Waals surface area contributed by atoms with Crippen LogP contribution in [-0.2, 0) is 17.7 Å². The van der Waals surface area contributed by atoms with Crippen molar-refractivity contribution in [1.82, 2.24) is 4.90 Å². The van der Waals surface area contributed by atoms with E-state index in [0.717, 1.165) is 0 Å². The molecular weight excluding hydrogens is 352 g/mol. The van der Waals surface area contributed by atoms with Gasteiger partial charge >= 0.3 is 6.09 Å². The standard InChI is InChI=1S/C21H23F2NO3/c1-21(2,3)27-20(25)24-11-10-13-15(12-24)14(8-9-16(13)22)19-17(23)6-5-7-18(19)26-4/h5-9H,10-12H2,1-4H3. The number of carbonyl (C=O) groups excluding carboxylic acids is 1. The van der Waals surface area contributed by atoms with Crippen LogP contribution in [0.25, 0.3) is 11.1 Å². The molecule has 27 heavy (non-hydrogen) atoms. The zero-order chi connectivity index (χ0) is 19.8. The van der Waals surface area contributed by atoms with Gasteiger partial charge in [-0.1, -0.05) is 12.1 Å². The summed E-state index contributed by atoms with van der Waals surface area (Å²) in [5, 5.41) is 0. The van der Waals surface area contributed by atoms with Crippen LogP contribution >= 0.6 is 0 Å². The molecule has 0 aliphatic carbocycles. The Morgan fingerprint density at radius 3 is 2.48 bits per heavy atom. The molecule has 1 aliphatic rings. The molecule has 0 unspecified atom stereocenters. The summed E-state index contributed by atoms with van der Waals surface area (Å²) in [6.45, 7) is 5.86. The van der Waals surface area contributed by atoms with Gasteiger partial charge in [-0.15, -0.1) is 0 Å². The number of amides is 1. The SMILES string of the molecule is COc1cccc(F)c1-c1ccc(F)c2c1CN(C(=O)OC(C)(C)C)CC2. The third kappa shape index (κ3) is 3.89. The lowest BCUT2D eigenvalue weighted by atomic mass is 9.90. The maximum absolute atomic E-state index is 14.6. The number of hydrogen-bond donors (Lipinski definition) is 0. The minimum absolute atomic E-state index is 0.148. The predicted octanol–water partition coefficient (Wildman–Crippen LogP) is 4.93. The van der Waals surface area contributed by atoms with Crippen molar-refractivity contribution < 1.29 is 23.0 Å². The van der Waals surface area contributed by atoms with Crippen molar-refractivity contribution in [2.45, 2.75) is 39.3 Å². The molecule has 6 heteroatoms. The minimum Gasteiger partial charge on any atom is -0.496 e. The fourth-order valence-electron chi connectivity index (χ4n) is 3.28. The summed E-state index contributed by atoms with van der Waals surface area (Å²) < 4.78 is 39.7. The highest BCUT2D eigenvalue weighted by molar-refractivity contribution is 5.77. The second-order valence-corrected chi connectivity index (χ2v) is 7.52. The summed E-state index contributed by atoms with van der Waals surface area (Å²) >= 11 is 0. The van der Waals surface area contributed by atoms with E-state index in [9.17, 15) is 13.6 Å². The van der Waals surface area contributed by atoms with E-state index in [0.29, 0.717) is 35.4 Å². The van der Waals surface area contributed by atoms with E-state index in [1.165, 1.54) is 30.2 Å². The summed E-state index contributed by atoms with van der Waals surface area (Å²) in [6, 6.07) is 7.42.